The van der Waals surface area contributed by atoms with Crippen LogP contribution in [-0.2, 0) is 11.2 Å². The van der Waals surface area contributed by atoms with E-state index in [1.165, 1.54) is 11.3 Å². The minimum Gasteiger partial charge on any atom is -0.324 e. The first-order chi connectivity index (χ1) is 12.3. The zero-order valence-electron chi connectivity index (χ0n) is 13.2. The van der Waals surface area contributed by atoms with Gasteiger partial charge in [-0.25, -0.2) is 4.98 Å². The zero-order valence-corrected chi connectivity index (χ0v) is 14.0. The normalized spacial score (nSPS) is 10.7. The Labute approximate surface area is 148 Å². The minimum absolute atomic E-state index is 0.115. The average molecular weight is 346 g/mol. The van der Waals surface area contributed by atoms with Crippen LogP contribution in [0.5, 0.6) is 0 Å². The van der Waals surface area contributed by atoms with Crippen LogP contribution >= 0.6 is 11.3 Å². The SMILES string of the molecule is O=C(Cc1csc(-c2ccccn2)n1)Nc1cccc2cccnc12. The molecule has 1 amide bonds. The Kier molecular flexibility index (Phi) is 4.18. The summed E-state index contributed by atoms with van der Waals surface area (Å²) in [4.78, 5) is 25.5. The van der Waals surface area contributed by atoms with Gasteiger partial charge in [0, 0.05) is 23.2 Å². The number of nitrogens with zero attached hydrogens (tertiary/aromatic N) is 3. The highest BCUT2D eigenvalue weighted by Crippen LogP contribution is 2.23. The van der Waals surface area contributed by atoms with E-state index < -0.39 is 0 Å². The number of pyridine rings is 2. The van der Waals surface area contributed by atoms with Crippen LogP contribution < -0.4 is 5.32 Å². The van der Waals surface area contributed by atoms with Crippen LogP contribution in [0.2, 0.25) is 0 Å². The third-order valence-electron chi connectivity index (χ3n) is 3.68. The summed E-state index contributed by atoms with van der Waals surface area (Å²) in [6.07, 6.45) is 3.67. The van der Waals surface area contributed by atoms with Crippen molar-refractivity contribution in [3.63, 3.8) is 0 Å². The number of hydrogen-bond acceptors (Lipinski definition) is 5. The van der Waals surface area contributed by atoms with E-state index in [1.54, 1.807) is 12.4 Å². The van der Waals surface area contributed by atoms with Crippen molar-refractivity contribution in [2.24, 2.45) is 0 Å². The maximum Gasteiger partial charge on any atom is 0.230 e. The Balaban J connectivity index is 1.50. The lowest BCUT2D eigenvalue weighted by Gasteiger charge is -2.07. The number of hydrogen-bond donors (Lipinski definition) is 1. The molecule has 1 N–H and O–H groups in total. The molecule has 0 aliphatic carbocycles. The summed E-state index contributed by atoms with van der Waals surface area (Å²) >= 11 is 1.49. The topological polar surface area (TPSA) is 67.8 Å². The number of fused-ring (bicyclic) bond motifs is 1. The number of thiazole rings is 1. The van der Waals surface area contributed by atoms with E-state index in [0.717, 1.165) is 27.3 Å². The fourth-order valence-corrected chi connectivity index (χ4v) is 3.35. The lowest BCUT2D eigenvalue weighted by Crippen LogP contribution is -2.15. The van der Waals surface area contributed by atoms with Crippen LogP contribution in [-0.4, -0.2) is 20.9 Å². The molecule has 0 fully saturated rings. The first-order valence-electron chi connectivity index (χ1n) is 7.79. The van der Waals surface area contributed by atoms with Gasteiger partial charge < -0.3 is 5.32 Å². The molecule has 3 aromatic heterocycles. The third kappa shape index (κ3) is 3.39. The molecule has 0 saturated carbocycles. The third-order valence-corrected chi connectivity index (χ3v) is 4.60. The number of rotatable bonds is 4. The predicted molar refractivity (Wildman–Crippen MR) is 99.4 cm³/mol. The lowest BCUT2D eigenvalue weighted by atomic mass is 10.2. The molecular formula is C19H14N4OS. The maximum absolute atomic E-state index is 12.4. The molecule has 3 heterocycles. The molecular weight excluding hydrogens is 332 g/mol. The molecule has 0 atom stereocenters. The van der Waals surface area contributed by atoms with Gasteiger partial charge in [-0.15, -0.1) is 11.3 Å². The van der Waals surface area contributed by atoms with E-state index in [-0.39, 0.29) is 12.3 Å². The van der Waals surface area contributed by atoms with Gasteiger partial charge >= 0.3 is 0 Å². The van der Waals surface area contributed by atoms with E-state index in [2.05, 4.69) is 20.3 Å². The summed E-state index contributed by atoms with van der Waals surface area (Å²) in [6, 6.07) is 15.3. The highest BCUT2D eigenvalue weighted by Gasteiger charge is 2.11. The Morgan fingerprint density at radius 3 is 2.76 bits per heavy atom. The molecule has 5 nitrogen and oxygen atoms in total. The van der Waals surface area contributed by atoms with Crippen LogP contribution in [0.1, 0.15) is 5.69 Å². The van der Waals surface area contributed by atoms with E-state index in [9.17, 15) is 4.79 Å². The Morgan fingerprint density at radius 2 is 1.88 bits per heavy atom. The molecule has 25 heavy (non-hydrogen) atoms. The zero-order chi connectivity index (χ0) is 17.1. The van der Waals surface area contributed by atoms with Gasteiger partial charge in [0.15, 0.2) is 0 Å². The van der Waals surface area contributed by atoms with Gasteiger partial charge in [0.1, 0.15) is 5.01 Å². The van der Waals surface area contributed by atoms with Crippen LogP contribution in [0, 0.1) is 0 Å². The number of amides is 1. The fourth-order valence-electron chi connectivity index (χ4n) is 2.56. The smallest absolute Gasteiger partial charge is 0.230 e. The maximum atomic E-state index is 12.4. The first kappa shape index (κ1) is 15.4. The van der Waals surface area contributed by atoms with Crippen molar-refractivity contribution >= 4 is 33.8 Å². The molecule has 4 aromatic rings. The van der Waals surface area contributed by atoms with Crippen molar-refractivity contribution in [3.8, 4) is 10.7 Å². The van der Waals surface area contributed by atoms with Crippen molar-refractivity contribution in [2.45, 2.75) is 6.42 Å². The van der Waals surface area contributed by atoms with Gasteiger partial charge in [-0.1, -0.05) is 24.3 Å². The second-order valence-electron chi connectivity index (χ2n) is 5.46. The Bertz CT molecular complexity index is 1020. The van der Waals surface area contributed by atoms with Gasteiger partial charge in [-0.3, -0.25) is 14.8 Å². The lowest BCUT2D eigenvalue weighted by molar-refractivity contribution is -0.115. The summed E-state index contributed by atoms with van der Waals surface area (Å²) in [6.45, 7) is 0. The van der Waals surface area contributed by atoms with Crippen molar-refractivity contribution in [2.75, 3.05) is 5.32 Å². The van der Waals surface area contributed by atoms with Gasteiger partial charge in [0.2, 0.25) is 5.91 Å². The van der Waals surface area contributed by atoms with Crippen LogP contribution in [0.3, 0.4) is 0 Å². The van der Waals surface area contributed by atoms with Gasteiger partial charge in [0.05, 0.1) is 29.0 Å². The van der Waals surface area contributed by atoms with Crippen molar-refractivity contribution < 1.29 is 4.79 Å². The molecule has 0 aliphatic heterocycles. The van der Waals surface area contributed by atoms with Crippen LogP contribution in [0.4, 0.5) is 5.69 Å². The second-order valence-corrected chi connectivity index (χ2v) is 6.32. The number of nitrogens with one attached hydrogen (secondary N) is 1. The second kappa shape index (κ2) is 6.78. The van der Waals surface area contributed by atoms with E-state index in [4.69, 9.17) is 0 Å². The van der Waals surface area contributed by atoms with Crippen molar-refractivity contribution in [1.82, 2.24) is 15.0 Å². The molecule has 6 heteroatoms. The first-order valence-corrected chi connectivity index (χ1v) is 8.67. The van der Waals surface area contributed by atoms with Crippen LogP contribution in [0.25, 0.3) is 21.6 Å². The predicted octanol–water partition coefficient (Wildman–Crippen LogP) is 3.93. The van der Waals surface area contributed by atoms with E-state index in [0.29, 0.717) is 5.69 Å². The summed E-state index contributed by atoms with van der Waals surface area (Å²) in [5.74, 6) is -0.115. The quantitative estimate of drug-likeness (QED) is 0.608. The molecule has 4 rings (SSSR count). The molecule has 0 unspecified atom stereocenters. The van der Waals surface area contributed by atoms with E-state index >= 15 is 0 Å². The molecule has 0 bridgehead atoms. The summed E-state index contributed by atoms with van der Waals surface area (Å²) in [5.41, 5.74) is 3.04. The Hall–Kier alpha value is -3.12. The highest BCUT2D eigenvalue weighted by molar-refractivity contribution is 7.13. The number of para-hydroxylation sites is 1. The molecule has 0 spiro atoms. The number of anilines is 1. The molecule has 122 valence electrons. The number of aromatic nitrogens is 3. The van der Waals surface area contributed by atoms with Gasteiger partial charge in [-0.2, -0.15) is 0 Å². The summed E-state index contributed by atoms with van der Waals surface area (Å²) < 4.78 is 0. The van der Waals surface area contributed by atoms with Gasteiger partial charge in [0.25, 0.3) is 0 Å². The monoisotopic (exact) mass is 346 g/mol. The standard InChI is InChI=1S/C19H14N4OS/c24-17(23-15-8-3-5-13-6-4-10-21-18(13)15)11-14-12-25-19(22-14)16-7-1-2-9-20-16/h1-10,12H,11H2,(H,23,24). The summed E-state index contributed by atoms with van der Waals surface area (Å²) in [7, 11) is 0. The molecule has 0 aliphatic rings. The molecule has 1 aromatic carbocycles. The molecule has 0 radical (unpaired) electrons. The molecule has 0 saturated heterocycles. The largest absolute Gasteiger partial charge is 0.324 e. The summed E-state index contributed by atoms with van der Waals surface area (Å²) in [5, 5.41) is 6.63. The minimum atomic E-state index is -0.115. The van der Waals surface area contributed by atoms with Crippen molar-refractivity contribution in [1.29, 1.82) is 0 Å². The highest BCUT2D eigenvalue weighted by atomic mass is 32.1. The fraction of sp³-hybridized carbons (Fsp3) is 0.0526. The van der Waals surface area contributed by atoms with E-state index in [1.807, 2.05) is 53.9 Å². The number of benzene rings is 1. The van der Waals surface area contributed by atoms with Crippen molar-refractivity contribution in [3.05, 3.63) is 72.0 Å². The van der Waals surface area contributed by atoms with Gasteiger partial charge in [-0.05, 0) is 24.3 Å². The number of carbonyl (C=O) groups excluding carboxylic acids is 1. The average Bonchev–Trinajstić information content (AvgIpc) is 3.11. The number of carbonyl (C=O) groups is 1. The van der Waals surface area contributed by atoms with Crippen LogP contribution in [0.15, 0.2) is 66.3 Å². The Morgan fingerprint density at radius 1 is 1.00 bits per heavy atom.